The van der Waals surface area contributed by atoms with Crippen molar-refractivity contribution in [1.29, 1.82) is 0 Å². The molecular weight excluding hydrogens is 488 g/mol. The lowest BCUT2D eigenvalue weighted by Gasteiger charge is -2.47. The van der Waals surface area contributed by atoms with Gasteiger partial charge in [0.2, 0.25) is 5.91 Å². The minimum Gasteiger partial charge on any atom is -0.366 e. The monoisotopic (exact) mass is 532 g/mol. The van der Waals surface area contributed by atoms with Gasteiger partial charge in [-0.15, -0.1) is 0 Å². The standard InChI is InChI=1S/C31H44N6O2/c1-20-16-23-18-37(15-12-26(23)29(38)35-20)25-10-13-36(14-11-25)30(39)27-21(2)28(34-19-33-27)32-17-22-6-8-24(9-7-22)31(3,4)5/h6-9,19-20,23,25-26H,10-18H2,1-5H3,(H,35,38)(H,32,33,34). The van der Waals surface area contributed by atoms with Gasteiger partial charge in [0.1, 0.15) is 17.8 Å². The summed E-state index contributed by atoms with van der Waals surface area (Å²) in [7, 11) is 0. The largest absolute Gasteiger partial charge is 0.366 e. The summed E-state index contributed by atoms with van der Waals surface area (Å²) in [6, 6.07) is 9.39. The smallest absolute Gasteiger partial charge is 0.272 e. The molecule has 2 amide bonds. The Morgan fingerprint density at radius 3 is 2.49 bits per heavy atom. The van der Waals surface area contributed by atoms with Gasteiger partial charge in [-0.2, -0.15) is 0 Å². The van der Waals surface area contributed by atoms with Gasteiger partial charge in [-0.1, -0.05) is 45.0 Å². The van der Waals surface area contributed by atoms with Crippen molar-refractivity contribution in [2.24, 2.45) is 11.8 Å². The van der Waals surface area contributed by atoms with E-state index in [0.717, 1.165) is 57.4 Å². The summed E-state index contributed by atoms with van der Waals surface area (Å²) in [6.45, 7) is 14.8. The highest BCUT2D eigenvalue weighted by atomic mass is 16.2. The molecule has 8 nitrogen and oxygen atoms in total. The minimum atomic E-state index is -0.0117. The number of nitrogens with zero attached hydrogens (tertiary/aromatic N) is 4. The van der Waals surface area contributed by atoms with Crippen LogP contribution < -0.4 is 10.6 Å². The van der Waals surface area contributed by atoms with Crippen molar-refractivity contribution in [1.82, 2.24) is 25.1 Å². The second kappa shape index (κ2) is 11.2. The van der Waals surface area contributed by atoms with Gasteiger partial charge in [0, 0.05) is 49.7 Å². The maximum Gasteiger partial charge on any atom is 0.272 e. The maximum atomic E-state index is 13.5. The molecule has 210 valence electrons. The number of rotatable bonds is 5. The van der Waals surface area contributed by atoms with E-state index in [9.17, 15) is 9.59 Å². The fourth-order valence-electron chi connectivity index (χ4n) is 6.58. The van der Waals surface area contributed by atoms with Crippen molar-refractivity contribution in [2.75, 3.05) is 31.5 Å². The molecule has 3 aliphatic rings. The predicted octanol–water partition coefficient (Wildman–Crippen LogP) is 4.15. The summed E-state index contributed by atoms with van der Waals surface area (Å²) in [5.41, 5.74) is 3.88. The number of hydrogen-bond acceptors (Lipinski definition) is 6. The third-order valence-corrected chi connectivity index (χ3v) is 8.98. The molecule has 2 N–H and O–H groups in total. The number of carbonyl (C=O) groups is 2. The predicted molar refractivity (Wildman–Crippen MR) is 154 cm³/mol. The van der Waals surface area contributed by atoms with Gasteiger partial charge in [0.15, 0.2) is 0 Å². The molecule has 39 heavy (non-hydrogen) atoms. The van der Waals surface area contributed by atoms with Crippen LogP contribution in [-0.4, -0.2) is 69.8 Å². The van der Waals surface area contributed by atoms with E-state index >= 15 is 0 Å². The molecule has 3 aliphatic heterocycles. The first-order valence-corrected chi connectivity index (χ1v) is 14.6. The quantitative estimate of drug-likeness (QED) is 0.602. The number of nitrogens with one attached hydrogen (secondary N) is 2. The molecule has 0 radical (unpaired) electrons. The number of piperidine rings is 3. The normalized spacial score (nSPS) is 24.7. The van der Waals surface area contributed by atoms with Crippen molar-refractivity contribution < 1.29 is 9.59 Å². The van der Waals surface area contributed by atoms with E-state index in [4.69, 9.17) is 0 Å². The first kappa shape index (κ1) is 27.6. The molecule has 0 aliphatic carbocycles. The average molecular weight is 533 g/mol. The lowest BCUT2D eigenvalue weighted by Crippen LogP contribution is -2.57. The van der Waals surface area contributed by atoms with Crippen molar-refractivity contribution in [3.05, 3.63) is 53.0 Å². The van der Waals surface area contributed by atoms with Gasteiger partial charge >= 0.3 is 0 Å². The van der Waals surface area contributed by atoms with Crippen LogP contribution in [0, 0.1) is 18.8 Å². The minimum absolute atomic E-state index is 0.0117. The van der Waals surface area contributed by atoms with Crippen molar-refractivity contribution >= 4 is 17.6 Å². The number of amides is 2. The lowest BCUT2D eigenvalue weighted by atomic mass is 9.77. The number of aromatic nitrogens is 2. The van der Waals surface area contributed by atoms with Crippen LogP contribution >= 0.6 is 0 Å². The van der Waals surface area contributed by atoms with Gasteiger partial charge < -0.3 is 15.5 Å². The molecule has 3 atom stereocenters. The Hall–Kier alpha value is -3.00. The summed E-state index contributed by atoms with van der Waals surface area (Å²) >= 11 is 0. The van der Waals surface area contributed by atoms with E-state index in [0.29, 0.717) is 30.0 Å². The number of likely N-dealkylation sites (tertiary alicyclic amines) is 2. The van der Waals surface area contributed by atoms with Crippen LogP contribution in [0.4, 0.5) is 5.82 Å². The molecule has 5 rings (SSSR count). The third-order valence-electron chi connectivity index (χ3n) is 8.98. The Kier molecular flexibility index (Phi) is 7.94. The van der Waals surface area contributed by atoms with Crippen LogP contribution in [0.15, 0.2) is 30.6 Å². The number of fused-ring (bicyclic) bond motifs is 1. The topological polar surface area (TPSA) is 90.5 Å². The van der Waals surface area contributed by atoms with Gasteiger partial charge in [-0.25, -0.2) is 9.97 Å². The van der Waals surface area contributed by atoms with E-state index in [1.165, 1.54) is 17.5 Å². The molecule has 3 fully saturated rings. The van der Waals surface area contributed by atoms with Crippen LogP contribution in [0.3, 0.4) is 0 Å². The van der Waals surface area contributed by atoms with E-state index in [-0.39, 0.29) is 29.2 Å². The average Bonchev–Trinajstić information content (AvgIpc) is 2.91. The Morgan fingerprint density at radius 2 is 1.79 bits per heavy atom. The first-order chi connectivity index (χ1) is 18.6. The van der Waals surface area contributed by atoms with Crippen LogP contribution in [0.2, 0.25) is 0 Å². The molecule has 1 aromatic heterocycles. The van der Waals surface area contributed by atoms with Gasteiger partial charge in [-0.3, -0.25) is 14.5 Å². The zero-order valence-electron chi connectivity index (χ0n) is 24.2. The molecule has 2 aromatic rings. The Bertz CT molecular complexity index is 1180. The van der Waals surface area contributed by atoms with Crippen molar-refractivity contribution in [2.45, 2.75) is 84.3 Å². The van der Waals surface area contributed by atoms with Gasteiger partial charge in [-0.05, 0) is 68.5 Å². The summed E-state index contributed by atoms with van der Waals surface area (Å²) < 4.78 is 0. The fourth-order valence-corrected chi connectivity index (χ4v) is 6.58. The Labute approximate surface area is 233 Å². The first-order valence-electron chi connectivity index (χ1n) is 14.6. The van der Waals surface area contributed by atoms with Gasteiger partial charge in [0.05, 0.1) is 0 Å². The molecule has 0 bridgehead atoms. The number of hydrogen-bond donors (Lipinski definition) is 2. The third kappa shape index (κ3) is 6.11. The van der Waals surface area contributed by atoms with Crippen LogP contribution in [0.5, 0.6) is 0 Å². The molecule has 0 saturated carbocycles. The highest BCUT2D eigenvalue weighted by molar-refractivity contribution is 5.94. The highest BCUT2D eigenvalue weighted by Gasteiger charge is 2.41. The molecule has 4 heterocycles. The molecule has 3 unspecified atom stereocenters. The van der Waals surface area contributed by atoms with Gasteiger partial charge in [0.25, 0.3) is 5.91 Å². The molecule has 3 saturated heterocycles. The summed E-state index contributed by atoms with van der Waals surface area (Å²) in [5.74, 6) is 1.56. The second-order valence-corrected chi connectivity index (χ2v) is 12.8. The Morgan fingerprint density at radius 1 is 1.08 bits per heavy atom. The van der Waals surface area contributed by atoms with E-state index in [1.807, 2.05) is 11.8 Å². The summed E-state index contributed by atoms with van der Waals surface area (Å²) in [5, 5.41) is 6.53. The molecule has 8 heteroatoms. The van der Waals surface area contributed by atoms with E-state index < -0.39 is 0 Å². The van der Waals surface area contributed by atoms with Crippen LogP contribution in [0.25, 0.3) is 0 Å². The number of carbonyl (C=O) groups excluding carboxylic acids is 2. The summed E-state index contributed by atoms with van der Waals surface area (Å²) in [4.78, 5) is 39.2. The van der Waals surface area contributed by atoms with Crippen molar-refractivity contribution in [3.8, 4) is 0 Å². The SMILES string of the molecule is Cc1c(NCc2ccc(C(C)(C)C)cc2)ncnc1C(=O)N1CCC(N2CCC3C(=O)NC(C)CC3C2)CC1. The second-order valence-electron chi connectivity index (χ2n) is 12.8. The van der Waals surface area contributed by atoms with Crippen LogP contribution in [0.1, 0.15) is 80.6 Å². The Balaban J connectivity index is 1.16. The van der Waals surface area contributed by atoms with Crippen molar-refractivity contribution in [3.63, 3.8) is 0 Å². The van der Waals surface area contributed by atoms with Crippen LogP contribution in [-0.2, 0) is 16.8 Å². The highest BCUT2D eigenvalue weighted by Crippen LogP contribution is 2.33. The summed E-state index contributed by atoms with van der Waals surface area (Å²) in [6.07, 6.45) is 5.42. The molecule has 1 aromatic carbocycles. The fraction of sp³-hybridized carbons (Fsp3) is 0.613. The van der Waals surface area contributed by atoms with E-state index in [2.05, 4.69) is 77.5 Å². The molecule has 0 spiro atoms. The zero-order valence-corrected chi connectivity index (χ0v) is 24.2. The van der Waals surface area contributed by atoms with E-state index in [1.54, 1.807) is 0 Å². The maximum absolute atomic E-state index is 13.5. The zero-order chi connectivity index (χ0) is 27.7. The molecular formula is C31H44N6O2. The number of anilines is 1. The lowest BCUT2D eigenvalue weighted by molar-refractivity contribution is -0.133. The number of benzene rings is 1.